The van der Waals surface area contributed by atoms with E-state index in [-0.39, 0.29) is 6.03 Å². The number of benzene rings is 3. The van der Waals surface area contributed by atoms with E-state index in [0.717, 1.165) is 16.8 Å². The minimum absolute atomic E-state index is 0.291. The first-order chi connectivity index (χ1) is 17.6. The SMILES string of the molecule is COC(=O)C1=C(C)N(Cc2ccccc2)C(=O)NC1c1cn(-c2ccccc2)nc1-c1ccccc1. The molecule has 1 aliphatic heterocycles. The van der Waals surface area contributed by atoms with Crippen LogP contribution in [0.5, 0.6) is 0 Å². The van der Waals surface area contributed by atoms with Gasteiger partial charge in [-0.3, -0.25) is 4.90 Å². The highest BCUT2D eigenvalue weighted by Crippen LogP contribution is 2.37. The van der Waals surface area contributed by atoms with Crippen LogP contribution in [-0.4, -0.2) is 33.8 Å². The molecule has 0 bridgehead atoms. The lowest BCUT2D eigenvalue weighted by Gasteiger charge is -2.35. The molecule has 7 heteroatoms. The second-order valence-electron chi connectivity index (χ2n) is 8.52. The molecule has 1 N–H and O–H groups in total. The molecule has 7 nitrogen and oxygen atoms in total. The van der Waals surface area contributed by atoms with Crippen molar-refractivity contribution >= 4 is 12.0 Å². The third-order valence-corrected chi connectivity index (χ3v) is 6.31. The number of para-hydroxylation sites is 1. The first-order valence-electron chi connectivity index (χ1n) is 11.7. The number of hydrogen-bond acceptors (Lipinski definition) is 4. The molecule has 2 amide bonds. The number of urea groups is 1. The molecule has 0 spiro atoms. The fourth-order valence-corrected chi connectivity index (χ4v) is 4.48. The highest BCUT2D eigenvalue weighted by Gasteiger charge is 2.38. The molecular weight excluding hydrogens is 452 g/mol. The maximum Gasteiger partial charge on any atom is 0.337 e. The predicted molar refractivity (Wildman–Crippen MR) is 137 cm³/mol. The van der Waals surface area contributed by atoms with Gasteiger partial charge in [0.15, 0.2) is 0 Å². The Morgan fingerprint density at radius 2 is 1.56 bits per heavy atom. The molecule has 4 aromatic rings. The summed E-state index contributed by atoms with van der Waals surface area (Å²) in [5.74, 6) is -0.498. The lowest BCUT2D eigenvalue weighted by atomic mass is 9.93. The van der Waals surface area contributed by atoms with E-state index in [0.29, 0.717) is 29.1 Å². The molecule has 180 valence electrons. The Bertz CT molecular complexity index is 1410. The van der Waals surface area contributed by atoms with E-state index in [1.807, 2.05) is 97.2 Å². The van der Waals surface area contributed by atoms with Crippen LogP contribution in [0.4, 0.5) is 4.79 Å². The Morgan fingerprint density at radius 1 is 0.944 bits per heavy atom. The highest BCUT2D eigenvalue weighted by molar-refractivity contribution is 5.95. The maximum absolute atomic E-state index is 13.4. The van der Waals surface area contributed by atoms with Gasteiger partial charge in [0, 0.05) is 23.0 Å². The van der Waals surface area contributed by atoms with Crippen LogP contribution in [0.2, 0.25) is 0 Å². The largest absolute Gasteiger partial charge is 0.466 e. The van der Waals surface area contributed by atoms with E-state index in [2.05, 4.69) is 5.32 Å². The number of amides is 2. The van der Waals surface area contributed by atoms with Gasteiger partial charge in [-0.25, -0.2) is 14.3 Å². The Kier molecular flexibility index (Phi) is 6.36. The fraction of sp³-hybridized carbons (Fsp3) is 0.138. The monoisotopic (exact) mass is 478 g/mol. The van der Waals surface area contributed by atoms with Gasteiger partial charge in [0.2, 0.25) is 0 Å². The number of esters is 1. The van der Waals surface area contributed by atoms with Crippen molar-refractivity contribution < 1.29 is 14.3 Å². The summed E-state index contributed by atoms with van der Waals surface area (Å²) in [5.41, 5.74) is 5.01. The molecular formula is C29H26N4O3. The number of nitrogens with zero attached hydrogens (tertiary/aromatic N) is 3. The Balaban J connectivity index is 1.65. The molecule has 36 heavy (non-hydrogen) atoms. The van der Waals surface area contributed by atoms with Gasteiger partial charge in [0.1, 0.15) is 0 Å². The van der Waals surface area contributed by atoms with Crippen LogP contribution < -0.4 is 5.32 Å². The van der Waals surface area contributed by atoms with E-state index in [1.165, 1.54) is 7.11 Å². The summed E-state index contributed by atoms with van der Waals surface area (Å²) in [5, 5.41) is 7.91. The summed E-state index contributed by atoms with van der Waals surface area (Å²) < 4.78 is 6.95. The second-order valence-corrected chi connectivity index (χ2v) is 8.52. The normalized spacial score (nSPS) is 15.6. The molecule has 0 aliphatic carbocycles. The first-order valence-corrected chi connectivity index (χ1v) is 11.7. The number of rotatable bonds is 6. The van der Waals surface area contributed by atoms with Crippen molar-refractivity contribution in [3.05, 3.63) is 120 Å². The van der Waals surface area contributed by atoms with Crippen LogP contribution in [0, 0.1) is 0 Å². The lowest BCUT2D eigenvalue weighted by molar-refractivity contribution is -0.136. The second kappa shape index (κ2) is 9.92. The van der Waals surface area contributed by atoms with Gasteiger partial charge in [-0.2, -0.15) is 5.10 Å². The Morgan fingerprint density at radius 3 is 2.19 bits per heavy atom. The quantitative estimate of drug-likeness (QED) is 0.384. The van der Waals surface area contributed by atoms with Crippen LogP contribution in [0.15, 0.2) is 108 Å². The van der Waals surface area contributed by atoms with Crippen LogP contribution in [0.25, 0.3) is 16.9 Å². The smallest absolute Gasteiger partial charge is 0.337 e. The molecule has 1 atom stereocenters. The zero-order valence-electron chi connectivity index (χ0n) is 20.1. The highest BCUT2D eigenvalue weighted by atomic mass is 16.5. The number of carbonyl (C=O) groups is 2. The van der Waals surface area contributed by atoms with E-state index in [1.54, 1.807) is 16.5 Å². The lowest BCUT2D eigenvalue weighted by Crippen LogP contribution is -2.47. The third-order valence-electron chi connectivity index (χ3n) is 6.31. The molecule has 0 fully saturated rings. The Labute approximate surface area is 209 Å². The number of aromatic nitrogens is 2. The maximum atomic E-state index is 13.4. The zero-order chi connectivity index (χ0) is 25.1. The van der Waals surface area contributed by atoms with Crippen LogP contribution in [-0.2, 0) is 16.1 Å². The van der Waals surface area contributed by atoms with Gasteiger partial charge in [-0.15, -0.1) is 0 Å². The van der Waals surface area contributed by atoms with Crippen molar-refractivity contribution in [1.29, 1.82) is 0 Å². The van der Waals surface area contributed by atoms with Gasteiger partial charge in [0.25, 0.3) is 0 Å². The summed E-state index contributed by atoms with van der Waals surface area (Å²) in [4.78, 5) is 28.1. The van der Waals surface area contributed by atoms with E-state index < -0.39 is 12.0 Å². The molecule has 5 rings (SSSR count). The van der Waals surface area contributed by atoms with Gasteiger partial charge in [-0.05, 0) is 24.6 Å². The standard InChI is InChI=1S/C29H26N4O3/c1-20-25(28(34)36-2)27(30-29(35)32(20)18-21-12-6-3-7-13-21)24-19-33(23-16-10-5-11-17-23)31-26(24)22-14-8-4-9-15-22/h3-17,19,27H,18H2,1-2H3,(H,30,35). The van der Waals surface area contributed by atoms with E-state index in [9.17, 15) is 9.59 Å². The van der Waals surface area contributed by atoms with Gasteiger partial charge >= 0.3 is 12.0 Å². The fourth-order valence-electron chi connectivity index (χ4n) is 4.48. The number of allylic oxidation sites excluding steroid dienone is 1. The number of methoxy groups -OCH3 is 1. The summed E-state index contributed by atoms with van der Waals surface area (Å²) in [6.07, 6.45) is 1.87. The number of hydrogen-bond donors (Lipinski definition) is 1. The first kappa shape index (κ1) is 23.1. The summed E-state index contributed by atoms with van der Waals surface area (Å²) in [6, 6.07) is 28.1. The Hall–Kier alpha value is -4.65. The van der Waals surface area contributed by atoms with Crippen LogP contribution >= 0.6 is 0 Å². The number of ether oxygens (including phenoxy) is 1. The topological polar surface area (TPSA) is 76.5 Å². The molecule has 0 saturated carbocycles. The zero-order valence-corrected chi connectivity index (χ0v) is 20.1. The van der Waals surface area contributed by atoms with Gasteiger partial charge in [-0.1, -0.05) is 78.9 Å². The average molecular weight is 479 g/mol. The molecule has 0 radical (unpaired) electrons. The molecule has 0 saturated heterocycles. The van der Waals surface area contributed by atoms with Crippen molar-refractivity contribution in [1.82, 2.24) is 20.0 Å². The molecule has 1 aromatic heterocycles. The number of nitrogens with one attached hydrogen (secondary N) is 1. The summed E-state index contributed by atoms with van der Waals surface area (Å²) in [7, 11) is 1.35. The molecule has 1 unspecified atom stereocenters. The van der Waals surface area contributed by atoms with Crippen LogP contribution in [0.1, 0.15) is 24.1 Å². The molecule has 1 aliphatic rings. The van der Waals surface area contributed by atoms with E-state index in [4.69, 9.17) is 9.84 Å². The minimum atomic E-state index is -0.732. The van der Waals surface area contributed by atoms with Crippen molar-refractivity contribution in [3.63, 3.8) is 0 Å². The minimum Gasteiger partial charge on any atom is -0.466 e. The summed E-state index contributed by atoms with van der Waals surface area (Å²) in [6.45, 7) is 2.12. The van der Waals surface area contributed by atoms with Crippen molar-refractivity contribution in [2.75, 3.05) is 7.11 Å². The van der Waals surface area contributed by atoms with Crippen molar-refractivity contribution in [3.8, 4) is 16.9 Å². The van der Waals surface area contributed by atoms with Crippen molar-refractivity contribution in [2.24, 2.45) is 0 Å². The van der Waals surface area contributed by atoms with Crippen molar-refractivity contribution in [2.45, 2.75) is 19.5 Å². The van der Waals surface area contributed by atoms with Crippen LogP contribution in [0.3, 0.4) is 0 Å². The third kappa shape index (κ3) is 4.38. The molecule has 3 aromatic carbocycles. The molecule has 2 heterocycles. The average Bonchev–Trinajstić information content (AvgIpc) is 3.37. The number of carbonyl (C=O) groups excluding carboxylic acids is 2. The van der Waals surface area contributed by atoms with Gasteiger partial charge < -0.3 is 10.1 Å². The van der Waals surface area contributed by atoms with Gasteiger partial charge in [0.05, 0.1) is 36.7 Å². The van der Waals surface area contributed by atoms with E-state index >= 15 is 0 Å². The summed E-state index contributed by atoms with van der Waals surface area (Å²) >= 11 is 0. The predicted octanol–water partition coefficient (Wildman–Crippen LogP) is 5.25.